The van der Waals surface area contributed by atoms with Crippen molar-refractivity contribution < 1.29 is 48.1 Å². The number of primary amides is 1. The topological polar surface area (TPSA) is 244 Å². The van der Waals surface area contributed by atoms with Crippen LogP contribution in [0.4, 0.5) is 9.59 Å². The van der Waals surface area contributed by atoms with Crippen molar-refractivity contribution in [3.8, 4) is 0 Å². The molecule has 2 aromatic rings. The molecule has 0 bridgehead atoms. The van der Waals surface area contributed by atoms with Gasteiger partial charge in [-0.25, -0.2) is 14.4 Å². The van der Waals surface area contributed by atoms with Gasteiger partial charge in [-0.05, 0) is 49.7 Å². The Kier molecular flexibility index (Phi) is 18.0. The highest BCUT2D eigenvalue weighted by Crippen LogP contribution is 2.08. The number of carbonyl (C=O) groups excluding carboxylic acids is 6. The van der Waals surface area contributed by atoms with Crippen molar-refractivity contribution in [2.75, 3.05) is 6.54 Å². The zero-order chi connectivity index (χ0) is 37.8. The van der Waals surface area contributed by atoms with Gasteiger partial charge in [-0.1, -0.05) is 74.5 Å². The SMILES string of the molecule is CC(C)C[C@H](NC(=O)[C@H](CC(N)=O)NC(=O)OCc1ccccc1)C(=O)N[C@@H](C)C(=O)N[C@@H](CCCCNC(=O)OCc1ccccc1)C(=O)O. The molecule has 51 heavy (non-hydrogen) atoms. The first-order valence-corrected chi connectivity index (χ1v) is 16.6. The second-order valence-corrected chi connectivity index (χ2v) is 12.2. The summed E-state index contributed by atoms with van der Waals surface area (Å²) in [6.07, 6.45) is -1.23. The van der Waals surface area contributed by atoms with Gasteiger partial charge in [0.05, 0.1) is 6.42 Å². The van der Waals surface area contributed by atoms with Crippen LogP contribution in [0.15, 0.2) is 60.7 Å². The number of ether oxygens (including phenoxy) is 2. The van der Waals surface area contributed by atoms with E-state index in [0.29, 0.717) is 18.4 Å². The largest absolute Gasteiger partial charge is 0.480 e. The molecular formula is C35H48N6O10. The van der Waals surface area contributed by atoms with E-state index in [0.717, 1.165) is 5.56 Å². The second kappa shape index (κ2) is 22.1. The molecule has 4 atom stereocenters. The summed E-state index contributed by atoms with van der Waals surface area (Å²) in [7, 11) is 0. The van der Waals surface area contributed by atoms with Gasteiger partial charge in [0.15, 0.2) is 0 Å². The van der Waals surface area contributed by atoms with Gasteiger partial charge in [-0.3, -0.25) is 19.2 Å². The summed E-state index contributed by atoms with van der Waals surface area (Å²) in [5.74, 6) is -4.69. The number of carboxylic acids is 1. The molecule has 0 spiro atoms. The maximum absolute atomic E-state index is 13.2. The smallest absolute Gasteiger partial charge is 0.408 e. The summed E-state index contributed by atoms with van der Waals surface area (Å²) in [4.78, 5) is 87.1. The monoisotopic (exact) mass is 712 g/mol. The van der Waals surface area contributed by atoms with E-state index in [-0.39, 0.29) is 38.5 Å². The molecule has 0 saturated carbocycles. The number of aliphatic carboxylic acids is 1. The zero-order valence-corrected chi connectivity index (χ0v) is 29.0. The highest BCUT2D eigenvalue weighted by molar-refractivity contribution is 5.95. The molecule has 2 rings (SSSR count). The van der Waals surface area contributed by atoms with Crippen LogP contribution in [-0.4, -0.2) is 77.6 Å². The van der Waals surface area contributed by atoms with Gasteiger partial charge in [0, 0.05) is 6.54 Å². The molecule has 2 aromatic carbocycles. The number of benzene rings is 2. The van der Waals surface area contributed by atoms with Crippen LogP contribution in [0.1, 0.15) is 64.0 Å². The number of nitrogens with two attached hydrogens (primary N) is 1. The highest BCUT2D eigenvalue weighted by Gasteiger charge is 2.31. The molecule has 8 N–H and O–H groups in total. The standard InChI is InChI=1S/C35H48N6O10/c1-22(2)18-27(40-32(45)28(19-29(36)42)41-35(49)51-21-25-14-8-5-9-15-25)31(44)38-23(3)30(43)39-26(33(46)47)16-10-11-17-37-34(48)50-20-24-12-6-4-7-13-24/h4-9,12-15,22-23,26-28H,10-11,16-21H2,1-3H3,(H2,36,42)(H,37,48)(H,38,44)(H,39,43)(H,40,45)(H,41,49)(H,46,47)/t23-,26-,27-,28-/m0/s1. The van der Waals surface area contributed by atoms with Crippen LogP contribution in [0, 0.1) is 5.92 Å². The Hall–Kier alpha value is -5.67. The summed E-state index contributed by atoms with van der Waals surface area (Å²) >= 11 is 0. The van der Waals surface area contributed by atoms with E-state index < -0.39 is 72.4 Å². The molecule has 0 aliphatic heterocycles. The van der Waals surface area contributed by atoms with Crippen molar-refractivity contribution in [3.05, 3.63) is 71.8 Å². The van der Waals surface area contributed by atoms with E-state index in [1.807, 2.05) is 30.3 Å². The molecule has 0 aliphatic carbocycles. The Morgan fingerprint density at radius 2 is 1.20 bits per heavy atom. The minimum absolute atomic E-state index is 0.0521. The van der Waals surface area contributed by atoms with Crippen LogP contribution in [0.2, 0.25) is 0 Å². The van der Waals surface area contributed by atoms with Crippen molar-refractivity contribution in [1.82, 2.24) is 26.6 Å². The van der Waals surface area contributed by atoms with Gasteiger partial charge >= 0.3 is 18.2 Å². The number of carbonyl (C=O) groups is 7. The minimum atomic E-state index is -1.46. The molecule has 0 aliphatic rings. The molecule has 16 nitrogen and oxygen atoms in total. The summed E-state index contributed by atoms with van der Waals surface area (Å²) in [5, 5.41) is 21.9. The third-order valence-corrected chi connectivity index (χ3v) is 7.34. The van der Waals surface area contributed by atoms with E-state index in [2.05, 4.69) is 26.6 Å². The third-order valence-electron chi connectivity index (χ3n) is 7.34. The van der Waals surface area contributed by atoms with Crippen LogP contribution in [0.3, 0.4) is 0 Å². The maximum Gasteiger partial charge on any atom is 0.408 e. The first-order chi connectivity index (χ1) is 24.2. The lowest BCUT2D eigenvalue weighted by Gasteiger charge is -2.25. The normalized spacial score (nSPS) is 13.0. The van der Waals surface area contributed by atoms with Crippen LogP contribution < -0.4 is 32.3 Å². The molecule has 16 heteroatoms. The van der Waals surface area contributed by atoms with Gasteiger partial charge in [0.1, 0.15) is 37.4 Å². The molecule has 0 heterocycles. The van der Waals surface area contributed by atoms with E-state index in [4.69, 9.17) is 15.2 Å². The summed E-state index contributed by atoms with van der Waals surface area (Å²) in [6.45, 7) is 5.19. The van der Waals surface area contributed by atoms with Gasteiger partial charge in [-0.2, -0.15) is 0 Å². The van der Waals surface area contributed by atoms with Gasteiger partial charge in [0.2, 0.25) is 23.6 Å². The van der Waals surface area contributed by atoms with Crippen LogP contribution in [0.25, 0.3) is 0 Å². The highest BCUT2D eigenvalue weighted by atomic mass is 16.6. The number of carboxylic acid groups (broad SMARTS) is 1. The quantitative estimate of drug-likeness (QED) is 0.0926. The van der Waals surface area contributed by atoms with E-state index in [9.17, 15) is 38.7 Å². The van der Waals surface area contributed by atoms with Crippen LogP contribution in [-0.2, 0) is 46.7 Å². The van der Waals surface area contributed by atoms with Gasteiger partial charge in [0.25, 0.3) is 0 Å². The first kappa shape index (κ1) is 41.5. The summed E-state index contributed by atoms with van der Waals surface area (Å²) in [5.41, 5.74) is 6.81. The van der Waals surface area contributed by atoms with E-state index >= 15 is 0 Å². The van der Waals surface area contributed by atoms with Crippen molar-refractivity contribution in [1.29, 1.82) is 0 Å². The molecule has 278 valence electrons. The minimum Gasteiger partial charge on any atom is -0.480 e. The number of amides is 6. The Balaban J connectivity index is 1.88. The molecule has 0 fully saturated rings. The summed E-state index contributed by atoms with van der Waals surface area (Å²) in [6, 6.07) is 12.8. The molecule has 0 unspecified atom stereocenters. The molecule has 0 aromatic heterocycles. The lowest BCUT2D eigenvalue weighted by Crippen LogP contribution is -2.57. The van der Waals surface area contributed by atoms with Gasteiger partial charge < -0.3 is 46.9 Å². The number of hydrogen-bond donors (Lipinski definition) is 7. The third kappa shape index (κ3) is 17.0. The van der Waals surface area contributed by atoms with Crippen molar-refractivity contribution in [3.63, 3.8) is 0 Å². The number of hydrogen-bond acceptors (Lipinski definition) is 9. The lowest BCUT2D eigenvalue weighted by molar-refractivity contribution is -0.142. The fourth-order valence-corrected chi connectivity index (χ4v) is 4.66. The van der Waals surface area contributed by atoms with Crippen molar-refractivity contribution in [2.24, 2.45) is 11.7 Å². The number of unbranched alkanes of at least 4 members (excludes halogenated alkanes) is 1. The van der Waals surface area contributed by atoms with Crippen molar-refractivity contribution >= 4 is 41.8 Å². The van der Waals surface area contributed by atoms with E-state index in [1.54, 1.807) is 44.2 Å². The molecular weight excluding hydrogens is 664 g/mol. The molecule has 6 amide bonds. The molecule has 0 saturated heterocycles. The second-order valence-electron chi connectivity index (χ2n) is 12.2. The zero-order valence-electron chi connectivity index (χ0n) is 29.0. The van der Waals surface area contributed by atoms with Crippen LogP contribution in [0.5, 0.6) is 0 Å². The fourth-order valence-electron chi connectivity index (χ4n) is 4.66. The average Bonchev–Trinajstić information content (AvgIpc) is 3.08. The van der Waals surface area contributed by atoms with Gasteiger partial charge in [-0.15, -0.1) is 0 Å². The first-order valence-electron chi connectivity index (χ1n) is 16.6. The average molecular weight is 713 g/mol. The predicted molar refractivity (Wildman–Crippen MR) is 184 cm³/mol. The Morgan fingerprint density at radius 1 is 0.667 bits per heavy atom. The molecule has 0 radical (unpaired) electrons. The Labute approximate surface area is 296 Å². The van der Waals surface area contributed by atoms with E-state index in [1.165, 1.54) is 6.92 Å². The predicted octanol–water partition coefficient (Wildman–Crippen LogP) is 1.86. The fraction of sp³-hybridized carbons (Fsp3) is 0.457. The number of alkyl carbamates (subject to hydrolysis) is 2. The Bertz CT molecular complexity index is 1460. The Morgan fingerprint density at radius 3 is 1.73 bits per heavy atom. The summed E-state index contributed by atoms with van der Waals surface area (Å²) < 4.78 is 10.3. The number of rotatable bonds is 21. The van der Waals surface area contributed by atoms with Crippen molar-refractivity contribution in [2.45, 2.75) is 90.3 Å². The lowest BCUT2D eigenvalue weighted by atomic mass is 10.0. The number of nitrogens with one attached hydrogen (secondary N) is 5. The van der Waals surface area contributed by atoms with Crippen LogP contribution >= 0.6 is 0 Å². The maximum atomic E-state index is 13.2.